The topological polar surface area (TPSA) is 127 Å². The van der Waals surface area contributed by atoms with Crippen LogP contribution in [0.15, 0.2) is 41.5 Å². The first-order valence-electron chi connectivity index (χ1n) is 13.8. The van der Waals surface area contributed by atoms with Crippen molar-refractivity contribution >= 4 is 34.1 Å². The molecule has 11 heteroatoms. The largest absolute Gasteiger partial charge is 0.378 e. The fourth-order valence-corrected chi connectivity index (χ4v) is 7.16. The molecule has 1 aromatic carbocycles. The third-order valence-corrected chi connectivity index (χ3v) is 9.49. The van der Waals surface area contributed by atoms with Gasteiger partial charge < -0.3 is 30.2 Å². The number of fused-ring (bicyclic) bond motifs is 2. The molecule has 2 fully saturated rings. The number of aromatic amines is 2. The SMILES string of the molecule is N#Cc1cc2c(cc1F)CC1(CCN(c3cc4[nH]cc(-c5ccnc(N6CCOCC6)c5Cl)c4c(=O)[nH]3)CC1)[C@@H]2N. The minimum absolute atomic E-state index is 0.0373. The summed E-state index contributed by atoms with van der Waals surface area (Å²) in [7, 11) is 0. The number of nitrogens with two attached hydrogens (primary N) is 1. The molecule has 4 aromatic rings. The average Bonchev–Trinajstić information content (AvgIpc) is 3.52. The fraction of sp³-hybridized carbons (Fsp3) is 0.367. The van der Waals surface area contributed by atoms with E-state index < -0.39 is 5.82 Å². The molecule has 0 amide bonds. The van der Waals surface area contributed by atoms with Crippen LogP contribution in [0.25, 0.3) is 22.0 Å². The van der Waals surface area contributed by atoms with E-state index in [2.05, 4.69) is 24.8 Å². The summed E-state index contributed by atoms with van der Waals surface area (Å²) in [6, 6.07) is 8.56. The second-order valence-corrected chi connectivity index (χ2v) is 11.6. The molecule has 2 aliphatic heterocycles. The van der Waals surface area contributed by atoms with Crippen molar-refractivity contribution in [1.29, 1.82) is 5.26 Å². The van der Waals surface area contributed by atoms with Gasteiger partial charge in [-0.2, -0.15) is 5.26 Å². The second kappa shape index (κ2) is 9.87. The minimum atomic E-state index is -0.491. The predicted molar refractivity (Wildman–Crippen MR) is 156 cm³/mol. The summed E-state index contributed by atoms with van der Waals surface area (Å²) in [5.74, 6) is 0.938. The van der Waals surface area contributed by atoms with Crippen LogP contribution in [-0.4, -0.2) is 54.3 Å². The maximum Gasteiger partial charge on any atom is 0.259 e. The standard InChI is InChI=1S/C30H29ClFN7O2/c31-26-19(1-4-35-28(26)39-7-9-41-10-8-39)21-16-36-23-13-24(37-29(40)25(21)23)38-5-2-30(3-6-38)14-17-12-22(32)18(15-33)11-20(17)27(30)34/h1,4,11-13,16,27,36H,2-3,5-10,14,34H2,(H,37,40)/t27-/m1/s1. The van der Waals surface area contributed by atoms with Crippen LogP contribution in [0.1, 0.15) is 35.6 Å². The van der Waals surface area contributed by atoms with Crippen molar-refractivity contribution in [1.82, 2.24) is 15.0 Å². The number of nitriles is 1. The molecule has 0 saturated carbocycles. The number of H-pyrrole nitrogens is 2. The number of hydrogen-bond acceptors (Lipinski definition) is 7. The highest BCUT2D eigenvalue weighted by molar-refractivity contribution is 6.36. The Bertz CT molecular complexity index is 1760. The first kappa shape index (κ1) is 26.0. The normalized spacial score (nSPS) is 20.0. The van der Waals surface area contributed by atoms with Crippen LogP contribution in [0, 0.1) is 22.6 Å². The zero-order valence-corrected chi connectivity index (χ0v) is 23.1. The first-order chi connectivity index (χ1) is 19.9. The van der Waals surface area contributed by atoms with E-state index in [0.717, 1.165) is 46.4 Å². The summed E-state index contributed by atoms with van der Waals surface area (Å²) in [5, 5.41) is 10.3. The van der Waals surface area contributed by atoms with Crippen LogP contribution >= 0.6 is 11.6 Å². The molecule has 1 aliphatic carbocycles. The fourth-order valence-electron chi connectivity index (χ4n) is 6.83. The Morgan fingerprint density at radius 1 is 1.15 bits per heavy atom. The van der Waals surface area contributed by atoms with Crippen molar-refractivity contribution in [2.45, 2.75) is 25.3 Å². The Labute approximate surface area is 240 Å². The number of benzene rings is 1. The monoisotopic (exact) mass is 573 g/mol. The van der Waals surface area contributed by atoms with E-state index in [-0.39, 0.29) is 22.6 Å². The second-order valence-electron chi connectivity index (χ2n) is 11.2. The summed E-state index contributed by atoms with van der Waals surface area (Å²) in [6.45, 7) is 4.05. The van der Waals surface area contributed by atoms with Crippen molar-refractivity contribution in [3.63, 3.8) is 0 Å². The molecular weight excluding hydrogens is 545 g/mol. The lowest BCUT2D eigenvalue weighted by Crippen LogP contribution is -2.44. The molecule has 3 aliphatic rings. The number of halogens is 2. The van der Waals surface area contributed by atoms with Crippen LogP contribution in [-0.2, 0) is 11.2 Å². The lowest BCUT2D eigenvalue weighted by Gasteiger charge is -2.42. The summed E-state index contributed by atoms with van der Waals surface area (Å²) in [6.07, 6.45) is 5.81. The highest BCUT2D eigenvalue weighted by atomic mass is 35.5. The first-order valence-corrected chi connectivity index (χ1v) is 14.2. The molecule has 0 unspecified atom stereocenters. The third-order valence-electron chi connectivity index (χ3n) is 9.12. The highest BCUT2D eigenvalue weighted by Crippen LogP contribution is 2.51. The van der Waals surface area contributed by atoms with Crippen LogP contribution in [0.5, 0.6) is 0 Å². The summed E-state index contributed by atoms with van der Waals surface area (Å²) in [5.41, 5.74) is 10.3. The Kier molecular flexibility index (Phi) is 6.27. The quantitative estimate of drug-likeness (QED) is 0.334. The molecule has 5 heterocycles. The van der Waals surface area contributed by atoms with E-state index in [4.69, 9.17) is 22.1 Å². The molecule has 3 aromatic heterocycles. The highest BCUT2D eigenvalue weighted by Gasteiger charge is 2.46. The molecule has 4 N–H and O–H groups in total. The van der Waals surface area contributed by atoms with Crippen molar-refractivity contribution in [3.8, 4) is 17.2 Å². The van der Waals surface area contributed by atoms with Crippen LogP contribution in [0.4, 0.5) is 16.0 Å². The minimum Gasteiger partial charge on any atom is -0.378 e. The number of anilines is 2. The summed E-state index contributed by atoms with van der Waals surface area (Å²) < 4.78 is 19.7. The van der Waals surface area contributed by atoms with E-state index >= 15 is 0 Å². The van der Waals surface area contributed by atoms with Gasteiger partial charge in [0.2, 0.25) is 0 Å². The van der Waals surface area contributed by atoms with Crippen molar-refractivity contribution in [2.24, 2.45) is 11.1 Å². The van der Waals surface area contributed by atoms with Gasteiger partial charge in [-0.25, -0.2) is 9.37 Å². The van der Waals surface area contributed by atoms with Gasteiger partial charge in [-0.3, -0.25) is 4.79 Å². The smallest absolute Gasteiger partial charge is 0.259 e. The molecule has 41 heavy (non-hydrogen) atoms. The van der Waals surface area contributed by atoms with Gasteiger partial charge in [0, 0.05) is 61.8 Å². The lowest BCUT2D eigenvalue weighted by atomic mass is 9.73. The molecule has 210 valence electrons. The molecular formula is C30H29ClFN7O2. The summed E-state index contributed by atoms with van der Waals surface area (Å²) >= 11 is 6.84. The molecule has 9 nitrogen and oxygen atoms in total. The molecule has 1 atom stereocenters. The molecule has 7 rings (SSSR count). The lowest BCUT2D eigenvalue weighted by molar-refractivity contribution is 0.122. The van der Waals surface area contributed by atoms with E-state index in [9.17, 15) is 14.4 Å². The zero-order chi connectivity index (χ0) is 28.3. The maximum atomic E-state index is 14.3. The Balaban J connectivity index is 1.14. The van der Waals surface area contributed by atoms with Crippen molar-refractivity contribution in [2.75, 3.05) is 49.2 Å². The number of ether oxygens (including phenoxy) is 1. The number of nitrogens with zero attached hydrogens (tertiary/aromatic N) is 4. The molecule has 0 radical (unpaired) electrons. The molecule has 0 bridgehead atoms. The number of rotatable bonds is 3. The van der Waals surface area contributed by atoms with E-state index in [1.807, 2.05) is 24.4 Å². The number of nitrogens with one attached hydrogen (secondary N) is 2. The van der Waals surface area contributed by atoms with Gasteiger partial charge in [0.1, 0.15) is 23.5 Å². The van der Waals surface area contributed by atoms with Crippen molar-refractivity contribution < 1.29 is 9.13 Å². The van der Waals surface area contributed by atoms with Crippen molar-refractivity contribution in [3.05, 3.63) is 74.5 Å². The zero-order valence-electron chi connectivity index (χ0n) is 22.3. The number of hydrogen-bond donors (Lipinski definition) is 3. The van der Waals surface area contributed by atoms with Gasteiger partial charge in [-0.1, -0.05) is 11.6 Å². The van der Waals surface area contributed by atoms with E-state index in [0.29, 0.717) is 62.0 Å². The van der Waals surface area contributed by atoms with Gasteiger partial charge >= 0.3 is 0 Å². The van der Waals surface area contributed by atoms with Gasteiger partial charge in [0.25, 0.3) is 5.56 Å². The van der Waals surface area contributed by atoms with Gasteiger partial charge in [-0.05, 0) is 54.0 Å². The maximum absolute atomic E-state index is 14.3. The van der Waals surface area contributed by atoms with Gasteiger partial charge in [-0.15, -0.1) is 0 Å². The van der Waals surface area contributed by atoms with E-state index in [1.54, 1.807) is 12.3 Å². The van der Waals surface area contributed by atoms with Crippen LogP contribution in [0.2, 0.25) is 5.02 Å². The number of aromatic nitrogens is 3. The molecule has 1 spiro atoms. The van der Waals surface area contributed by atoms with Crippen LogP contribution in [0.3, 0.4) is 0 Å². The van der Waals surface area contributed by atoms with E-state index in [1.165, 1.54) is 6.07 Å². The summed E-state index contributed by atoms with van der Waals surface area (Å²) in [4.78, 5) is 28.6. The Morgan fingerprint density at radius 3 is 2.68 bits per heavy atom. The third kappa shape index (κ3) is 4.19. The predicted octanol–water partition coefficient (Wildman–Crippen LogP) is 4.26. The molecule has 2 saturated heterocycles. The van der Waals surface area contributed by atoms with Crippen LogP contribution < -0.4 is 21.1 Å². The number of pyridine rings is 2. The average molecular weight is 574 g/mol. The van der Waals surface area contributed by atoms with Gasteiger partial charge in [0.05, 0.1) is 34.7 Å². The Hall–Kier alpha value is -3.91. The number of piperidine rings is 1. The Morgan fingerprint density at radius 2 is 1.93 bits per heavy atom. The van der Waals surface area contributed by atoms with Gasteiger partial charge in [0.15, 0.2) is 0 Å². The number of morpholine rings is 1.